The molecule has 1 aliphatic rings. The Balaban J connectivity index is 1.22. The van der Waals surface area contributed by atoms with Crippen molar-refractivity contribution in [2.24, 2.45) is 5.92 Å². The van der Waals surface area contributed by atoms with Crippen LogP contribution in [0.5, 0.6) is 5.75 Å². The summed E-state index contributed by atoms with van der Waals surface area (Å²) >= 11 is 1.29. The van der Waals surface area contributed by atoms with Crippen LogP contribution in [0, 0.1) is 5.92 Å². The van der Waals surface area contributed by atoms with E-state index in [2.05, 4.69) is 25.8 Å². The van der Waals surface area contributed by atoms with Gasteiger partial charge in [0, 0.05) is 28.3 Å². The summed E-state index contributed by atoms with van der Waals surface area (Å²) in [5, 5.41) is 14.1. The van der Waals surface area contributed by atoms with Gasteiger partial charge in [-0.15, -0.1) is 0 Å². The van der Waals surface area contributed by atoms with Crippen LogP contribution in [0.2, 0.25) is 0 Å². The Morgan fingerprint density at radius 3 is 2.47 bits per heavy atom. The smallest absolute Gasteiger partial charge is 0.259 e. The van der Waals surface area contributed by atoms with Gasteiger partial charge in [-0.1, -0.05) is 41.7 Å². The topological polar surface area (TPSA) is 119 Å². The lowest BCUT2D eigenvalue weighted by atomic mass is 10.0. The monoisotopic (exact) mass is 522 g/mol. The van der Waals surface area contributed by atoms with Crippen LogP contribution in [0.4, 0.5) is 10.8 Å². The third-order valence-corrected chi connectivity index (χ3v) is 7.13. The maximum absolute atomic E-state index is 13.2. The molecule has 9 nitrogen and oxygen atoms in total. The van der Waals surface area contributed by atoms with E-state index in [1.807, 2.05) is 60.7 Å². The summed E-state index contributed by atoms with van der Waals surface area (Å²) in [6.45, 7) is 0. The van der Waals surface area contributed by atoms with Crippen molar-refractivity contribution >= 4 is 44.3 Å². The number of anilines is 2. The number of pyridine rings is 1. The maximum Gasteiger partial charge on any atom is 0.259 e. The molecule has 6 rings (SSSR count). The van der Waals surface area contributed by atoms with Crippen LogP contribution in [0.1, 0.15) is 23.2 Å². The van der Waals surface area contributed by atoms with E-state index in [0.717, 1.165) is 35.3 Å². The van der Waals surface area contributed by atoms with Gasteiger partial charge in [0.25, 0.3) is 5.91 Å². The van der Waals surface area contributed by atoms with Crippen molar-refractivity contribution in [2.45, 2.75) is 12.8 Å². The van der Waals surface area contributed by atoms with E-state index in [1.165, 1.54) is 17.5 Å². The van der Waals surface area contributed by atoms with Crippen LogP contribution in [0.15, 0.2) is 73.1 Å². The fraction of sp³-hybridized carbons (Fsp3) is 0.143. The fourth-order valence-electron chi connectivity index (χ4n) is 4.09. The van der Waals surface area contributed by atoms with Gasteiger partial charge in [-0.25, -0.2) is 9.97 Å². The number of rotatable bonds is 7. The molecule has 0 bridgehead atoms. The standard InChI is InChI=1S/C28H22N6O3S/c1-37-24-5-3-2-4-19(24)20-14-29-30-15-21(20)26(36)34-28-33-23-13-12-22(32-27(23)38-28)16-8-10-18(11-9-16)31-25(35)17-6-7-17/h2-5,8-15,17H,6-7H2,1H3,(H,31,35)(H,33,34,36). The van der Waals surface area contributed by atoms with Crippen molar-refractivity contribution < 1.29 is 14.3 Å². The zero-order valence-electron chi connectivity index (χ0n) is 20.3. The second kappa shape index (κ2) is 9.98. The summed E-state index contributed by atoms with van der Waals surface area (Å²) in [5.74, 6) is 0.505. The molecule has 2 N–H and O–H groups in total. The molecule has 38 heavy (non-hydrogen) atoms. The molecule has 0 radical (unpaired) electrons. The van der Waals surface area contributed by atoms with E-state index in [9.17, 15) is 9.59 Å². The second-order valence-electron chi connectivity index (χ2n) is 8.85. The van der Waals surface area contributed by atoms with E-state index < -0.39 is 0 Å². The molecule has 3 heterocycles. The van der Waals surface area contributed by atoms with Crippen LogP contribution < -0.4 is 15.4 Å². The Morgan fingerprint density at radius 2 is 1.68 bits per heavy atom. The summed E-state index contributed by atoms with van der Waals surface area (Å²) in [6.07, 6.45) is 4.90. The highest BCUT2D eigenvalue weighted by Gasteiger charge is 2.29. The molecule has 0 atom stereocenters. The predicted octanol–water partition coefficient (Wildman–Crippen LogP) is 5.42. The zero-order chi connectivity index (χ0) is 26.1. The lowest BCUT2D eigenvalue weighted by Gasteiger charge is -2.11. The van der Waals surface area contributed by atoms with Crippen molar-refractivity contribution in [3.8, 4) is 28.1 Å². The number of fused-ring (bicyclic) bond motifs is 1. The second-order valence-corrected chi connectivity index (χ2v) is 9.83. The Labute approximate surface area is 221 Å². The van der Waals surface area contributed by atoms with Gasteiger partial charge in [-0.2, -0.15) is 10.2 Å². The van der Waals surface area contributed by atoms with Crippen molar-refractivity contribution in [1.82, 2.24) is 20.2 Å². The number of hydrogen-bond acceptors (Lipinski definition) is 8. The molecular weight excluding hydrogens is 500 g/mol. The number of ether oxygens (including phenoxy) is 1. The van der Waals surface area contributed by atoms with Gasteiger partial charge in [0.2, 0.25) is 5.91 Å². The number of carbonyl (C=O) groups is 2. The molecule has 0 aliphatic heterocycles. The Morgan fingerprint density at radius 1 is 0.895 bits per heavy atom. The first-order chi connectivity index (χ1) is 18.6. The van der Waals surface area contributed by atoms with Crippen molar-refractivity contribution in [2.75, 3.05) is 17.7 Å². The fourth-order valence-corrected chi connectivity index (χ4v) is 4.93. The number of amides is 2. The number of nitrogens with one attached hydrogen (secondary N) is 2. The molecule has 1 aliphatic carbocycles. The minimum absolute atomic E-state index is 0.0779. The SMILES string of the molecule is COc1ccccc1-c1cnncc1C(=O)Nc1nc2ccc(-c3ccc(NC(=O)C4CC4)cc3)nc2s1. The number of carbonyl (C=O) groups excluding carboxylic acids is 2. The third kappa shape index (κ3) is 4.81. The average molecular weight is 523 g/mol. The van der Waals surface area contributed by atoms with Crippen LogP contribution in [-0.4, -0.2) is 39.1 Å². The highest BCUT2D eigenvalue weighted by molar-refractivity contribution is 7.22. The van der Waals surface area contributed by atoms with Crippen molar-refractivity contribution in [3.63, 3.8) is 0 Å². The van der Waals surface area contributed by atoms with Crippen LogP contribution in [0.25, 0.3) is 32.7 Å². The minimum Gasteiger partial charge on any atom is -0.496 e. The number of aromatic nitrogens is 4. The molecule has 1 saturated carbocycles. The Kier molecular flexibility index (Phi) is 6.22. The quantitative estimate of drug-likeness (QED) is 0.293. The molecular formula is C28H22N6O3S. The van der Waals surface area contributed by atoms with Crippen molar-refractivity contribution in [1.29, 1.82) is 0 Å². The Hall–Kier alpha value is -4.70. The number of hydrogen-bond donors (Lipinski definition) is 2. The first-order valence-electron chi connectivity index (χ1n) is 12.0. The average Bonchev–Trinajstić information content (AvgIpc) is 3.73. The first kappa shape index (κ1) is 23.7. The summed E-state index contributed by atoms with van der Waals surface area (Å²) < 4.78 is 5.46. The minimum atomic E-state index is -0.357. The van der Waals surface area contributed by atoms with Crippen molar-refractivity contribution in [3.05, 3.63) is 78.6 Å². The lowest BCUT2D eigenvalue weighted by molar-refractivity contribution is -0.117. The highest BCUT2D eigenvalue weighted by atomic mass is 32.1. The summed E-state index contributed by atoms with van der Waals surface area (Å²) in [6, 6.07) is 18.8. The number of nitrogens with zero attached hydrogens (tertiary/aromatic N) is 4. The molecule has 188 valence electrons. The number of thiazole rings is 1. The van der Waals surface area contributed by atoms with Crippen LogP contribution >= 0.6 is 11.3 Å². The molecule has 5 aromatic rings. The molecule has 1 fully saturated rings. The first-order valence-corrected chi connectivity index (χ1v) is 12.8. The number of benzene rings is 2. The number of methoxy groups -OCH3 is 1. The van der Waals surface area contributed by atoms with Gasteiger partial charge in [0.1, 0.15) is 16.1 Å². The molecule has 2 aromatic carbocycles. The molecule has 10 heteroatoms. The molecule has 3 aromatic heterocycles. The summed E-state index contributed by atoms with van der Waals surface area (Å²) in [5.41, 5.74) is 4.84. The lowest BCUT2D eigenvalue weighted by Crippen LogP contribution is -2.14. The number of para-hydroxylation sites is 1. The summed E-state index contributed by atoms with van der Waals surface area (Å²) in [4.78, 5) is 35.2. The maximum atomic E-state index is 13.2. The molecule has 0 saturated heterocycles. The normalized spacial score (nSPS) is 12.8. The van der Waals surface area contributed by atoms with Gasteiger partial charge in [-0.3, -0.25) is 14.9 Å². The summed E-state index contributed by atoms with van der Waals surface area (Å²) in [7, 11) is 1.58. The Bertz CT molecular complexity index is 1660. The third-order valence-electron chi connectivity index (χ3n) is 6.24. The van der Waals surface area contributed by atoms with E-state index in [0.29, 0.717) is 32.4 Å². The molecule has 2 amide bonds. The van der Waals surface area contributed by atoms with Gasteiger partial charge in [0.15, 0.2) is 5.13 Å². The van der Waals surface area contributed by atoms with E-state index in [4.69, 9.17) is 9.72 Å². The molecule has 0 spiro atoms. The van der Waals surface area contributed by atoms with E-state index in [-0.39, 0.29) is 17.7 Å². The van der Waals surface area contributed by atoms with Crippen LogP contribution in [0.3, 0.4) is 0 Å². The zero-order valence-corrected chi connectivity index (χ0v) is 21.2. The predicted molar refractivity (Wildman–Crippen MR) is 146 cm³/mol. The van der Waals surface area contributed by atoms with E-state index in [1.54, 1.807) is 13.3 Å². The van der Waals surface area contributed by atoms with Gasteiger partial charge in [0.05, 0.1) is 30.8 Å². The van der Waals surface area contributed by atoms with Gasteiger partial charge in [-0.05, 0) is 43.2 Å². The highest BCUT2D eigenvalue weighted by Crippen LogP contribution is 2.33. The largest absolute Gasteiger partial charge is 0.496 e. The van der Waals surface area contributed by atoms with Gasteiger partial charge >= 0.3 is 0 Å². The van der Waals surface area contributed by atoms with E-state index >= 15 is 0 Å². The van der Waals surface area contributed by atoms with Crippen LogP contribution in [-0.2, 0) is 4.79 Å². The van der Waals surface area contributed by atoms with Gasteiger partial charge < -0.3 is 10.1 Å². The molecule has 0 unspecified atom stereocenters.